The Kier molecular flexibility index (Phi) is 4.25. The highest BCUT2D eigenvalue weighted by atomic mass is 19.1. The summed E-state index contributed by atoms with van der Waals surface area (Å²) < 4.78 is 23.3. The molecule has 0 amide bonds. The third-order valence-electron chi connectivity index (χ3n) is 2.44. The summed E-state index contributed by atoms with van der Waals surface area (Å²) in [5.74, 6) is 0.574. The highest BCUT2D eigenvalue weighted by Crippen LogP contribution is 2.24. The van der Waals surface area contributed by atoms with E-state index < -0.39 is 5.82 Å². The third kappa shape index (κ3) is 3.17. The zero-order valence-electron chi connectivity index (χ0n) is 10.5. The molecule has 0 atom stereocenters. The molecule has 2 rings (SSSR count). The van der Waals surface area contributed by atoms with E-state index in [9.17, 15) is 4.39 Å². The smallest absolute Gasteiger partial charge is 0.240 e. The molecular weight excluding hydrogens is 249 g/mol. The number of hydrogen-bond acceptors (Lipinski definition) is 5. The van der Waals surface area contributed by atoms with Gasteiger partial charge in [-0.2, -0.15) is 4.98 Å². The van der Waals surface area contributed by atoms with E-state index in [1.807, 2.05) is 0 Å². The minimum absolute atomic E-state index is 0.147. The second kappa shape index (κ2) is 6.10. The largest absolute Gasteiger partial charge is 0.494 e. The van der Waals surface area contributed by atoms with Gasteiger partial charge in [0, 0.05) is 12.1 Å². The number of aromatic nitrogens is 2. The molecule has 0 bridgehead atoms. The van der Waals surface area contributed by atoms with E-state index in [1.54, 1.807) is 12.1 Å². The van der Waals surface area contributed by atoms with E-state index in [0.717, 1.165) is 0 Å². The summed E-state index contributed by atoms with van der Waals surface area (Å²) >= 11 is 0. The zero-order valence-corrected chi connectivity index (χ0v) is 10.5. The van der Waals surface area contributed by atoms with Gasteiger partial charge in [-0.05, 0) is 18.2 Å². The van der Waals surface area contributed by atoms with Gasteiger partial charge in [-0.15, -0.1) is 6.58 Å². The number of hydrogen-bond donors (Lipinski definition) is 1. The van der Waals surface area contributed by atoms with Crippen molar-refractivity contribution in [1.82, 2.24) is 15.5 Å². The van der Waals surface area contributed by atoms with E-state index in [2.05, 4.69) is 22.0 Å². The Morgan fingerprint density at radius 3 is 3.11 bits per heavy atom. The Labute approximate surface area is 110 Å². The number of ether oxygens (including phenoxy) is 1. The predicted octanol–water partition coefficient (Wildman–Crippen LogP) is 2.16. The molecule has 6 heteroatoms. The molecule has 0 saturated carbocycles. The fourth-order valence-corrected chi connectivity index (χ4v) is 1.52. The lowest BCUT2D eigenvalue weighted by Crippen LogP contribution is -2.12. The molecule has 1 N–H and O–H groups in total. The molecule has 1 heterocycles. The summed E-state index contributed by atoms with van der Waals surface area (Å²) in [5, 5.41) is 6.89. The molecule has 0 aliphatic heterocycles. The van der Waals surface area contributed by atoms with Gasteiger partial charge in [-0.25, -0.2) is 4.39 Å². The molecule has 0 unspecified atom stereocenters. The maximum absolute atomic E-state index is 13.3. The van der Waals surface area contributed by atoms with Crippen LogP contribution >= 0.6 is 0 Å². The predicted molar refractivity (Wildman–Crippen MR) is 68.1 cm³/mol. The van der Waals surface area contributed by atoms with Gasteiger partial charge in [0.05, 0.1) is 13.7 Å². The number of halogens is 1. The second-order valence-electron chi connectivity index (χ2n) is 3.78. The Morgan fingerprint density at radius 2 is 2.37 bits per heavy atom. The Hall–Kier alpha value is -2.21. The summed E-state index contributed by atoms with van der Waals surface area (Å²) in [7, 11) is 1.41. The average Bonchev–Trinajstić information content (AvgIpc) is 2.88. The Balaban J connectivity index is 2.15. The van der Waals surface area contributed by atoms with Crippen molar-refractivity contribution in [3.63, 3.8) is 0 Å². The van der Waals surface area contributed by atoms with E-state index >= 15 is 0 Å². The minimum Gasteiger partial charge on any atom is -0.494 e. The van der Waals surface area contributed by atoms with Crippen LogP contribution in [0.3, 0.4) is 0 Å². The van der Waals surface area contributed by atoms with Crippen LogP contribution in [0.1, 0.15) is 5.89 Å². The molecule has 0 saturated heterocycles. The monoisotopic (exact) mass is 263 g/mol. The highest BCUT2D eigenvalue weighted by Gasteiger charge is 2.11. The Bertz CT molecular complexity index is 569. The molecule has 19 heavy (non-hydrogen) atoms. The van der Waals surface area contributed by atoms with Gasteiger partial charge in [0.1, 0.15) is 0 Å². The maximum Gasteiger partial charge on any atom is 0.240 e. The normalized spacial score (nSPS) is 10.4. The van der Waals surface area contributed by atoms with Crippen molar-refractivity contribution < 1.29 is 13.7 Å². The van der Waals surface area contributed by atoms with E-state index in [4.69, 9.17) is 9.26 Å². The van der Waals surface area contributed by atoms with Crippen molar-refractivity contribution in [2.24, 2.45) is 0 Å². The van der Waals surface area contributed by atoms with Crippen molar-refractivity contribution in [2.45, 2.75) is 6.54 Å². The van der Waals surface area contributed by atoms with Gasteiger partial charge in [0.25, 0.3) is 0 Å². The third-order valence-corrected chi connectivity index (χ3v) is 2.44. The molecule has 0 aliphatic rings. The van der Waals surface area contributed by atoms with Crippen molar-refractivity contribution in [1.29, 1.82) is 0 Å². The van der Waals surface area contributed by atoms with Crippen molar-refractivity contribution >= 4 is 0 Å². The van der Waals surface area contributed by atoms with Gasteiger partial charge in [0.2, 0.25) is 11.7 Å². The van der Waals surface area contributed by atoms with Crippen LogP contribution in [-0.2, 0) is 6.54 Å². The number of nitrogens with zero attached hydrogens (tertiary/aromatic N) is 2. The van der Waals surface area contributed by atoms with Gasteiger partial charge in [0.15, 0.2) is 11.6 Å². The van der Waals surface area contributed by atoms with E-state index in [1.165, 1.54) is 19.2 Å². The number of benzene rings is 1. The zero-order chi connectivity index (χ0) is 13.7. The average molecular weight is 263 g/mol. The minimum atomic E-state index is -0.428. The molecular formula is C13H14FN3O2. The lowest BCUT2D eigenvalue weighted by atomic mass is 10.2. The van der Waals surface area contributed by atoms with Crippen LogP contribution < -0.4 is 10.1 Å². The standard InChI is InChI=1S/C13H14FN3O2/c1-3-6-15-8-12-16-13(17-19-12)9-4-5-10(14)11(7-9)18-2/h3-5,7,15H,1,6,8H2,2H3. The molecule has 1 aromatic carbocycles. The first-order chi connectivity index (χ1) is 9.24. The van der Waals surface area contributed by atoms with E-state index in [-0.39, 0.29) is 5.75 Å². The summed E-state index contributed by atoms with van der Waals surface area (Å²) in [5.41, 5.74) is 0.636. The number of methoxy groups -OCH3 is 1. The topological polar surface area (TPSA) is 60.2 Å². The maximum atomic E-state index is 13.3. The summed E-state index contributed by atoms with van der Waals surface area (Å²) in [6.45, 7) is 4.70. The molecule has 100 valence electrons. The molecule has 2 aromatic rings. The number of nitrogens with one attached hydrogen (secondary N) is 1. The van der Waals surface area contributed by atoms with Crippen LogP contribution in [0, 0.1) is 5.82 Å². The molecule has 0 radical (unpaired) electrons. The quantitative estimate of drug-likeness (QED) is 0.639. The molecule has 1 aromatic heterocycles. The molecule has 5 nitrogen and oxygen atoms in total. The van der Waals surface area contributed by atoms with Crippen LogP contribution in [-0.4, -0.2) is 23.8 Å². The molecule has 0 aliphatic carbocycles. The Morgan fingerprint density at radius 1 is 1.53 bits per heavy atom. The first-order valence-electron chi connectivity index (χ1n) is 5.72. The van der Waals surface area contributed by atoms with Crippen molar-refractivity contribution in [3.8, 4) is 17.1 Å². The van der Waals surface area contributed by atoms with Crippen molar-refractivity contribution in [2.75, 3.05) is 13.7 Å². The lowest BCUT2D eigenvalue weighted by Gasteiger charge is -2.02. The fraction of sp³-hybridized carbons (Fsp3) is 0.231. The van der Waals surface area contributed by atoms with Crippen LogP contribution in [0.2, 0.25) is 0 Å². The second-order valence-corrected chi connectivity index (χ2v) is 3.78. The van der Waals surface area contributed by atoms with E-state index in [0.29, 0.717) is 30.4 Å². The van der Waals surface area contributed by atoms with Crippen LogP contribution in [0.4, 0.5) is 4.39 Å². The SMILES string of the molecule is C=CCNCc1nc(-c2ccc(F)c(OC)c2)no1. The number of rotatable bonds is 6. The van der Waals surface area contributed by atoms with Gasteiger partial charge in [-0.3, -0.25) is 0 Å². The summed E-state index contributed by atoms with van der Waals surface area (Å²) in [6.07, 6.45) is 1.74. The molecule has 0 spiro atoms. The van der Waals surface area contributed by atoms with Crippen LogP contribution in [0.5, 0.6) is 5.75 Å². The lowest BCUT2D eigenvalue weighted by molar-refractivity contribution is 0.370. The van der Waals surface area contributed by atoms with Gasteiger partial charge in [-0.1, -0.05) is 11.2 Å². The van der Waals surface area contributed by atoms with Crippen molar-refractivity contribution in [3.05, 3.63) is 42.6 Å². The summed E-state index contributed by atoms with van der Waals surface area (Å²) in [4.78, 5) is 4.20. The van der Waals surface area contributed by atoms with Crippen LogP contribution in [0.15, 0.2) is 35.4 Å². The van der Waals surface area contributed by atoms with Gasteiger partial charge < -0.3 is 14.6 Å². The molecule has 0 fully saturated rings. The summed E-state index contributed by atoms with van der Waals surface area (Å²) in [6, 6.07) is 4.41. The fourth-order valence-electron chi connectivity index (χ4n) is 1.52. The highest BCUT2D eigenvalue weighted by molar-refractivity contribution is 5.57. The first kappa shape index (κ1) is 13.2. The van der Waals surface area contributed by atoms with Crippen LogP contribution in [0.25, 0.3) is 11.4 Å². The first-order valence-corrected chi connectivity index (χ1v) is 5.72. The van der Waals surface area contributed by atoms with Gasteiger partial charge >= 0.3 is 0 Å².